The first-order chi connectivity index (χ1) is 16.8. The van der Waals surface area contributed by atoms with Crippen LogP contribution in [0.5, 0.6) is 0 Å². The monoisotopic (exact) mass is 488 g/mol. The smallest absolute Gasteiger partial charge is 0.155 e. The first kappa shape index (κ1) is 32.9. The molecule has 7 heteroatoms. The predicted molar refractivity (Wildman–Crippen MR) is 137 cm³/mol. The van der Waals surface area contributed by atoms with E-state index in [1.807, 2.05) is 0 Å². The molecule has 0 rings (SSSR count). The molecule has 0 aromatic carbocycles. The number of hydrogen-bond acceptors (Lipinski definition) is 7. The normalized spacial score (nSPS) is 12.7. The van der Waals surface area contributed by atoms with Crippen molar-refractivity contribution in [2.45, 2.75) is 96.0 Å². The molecule has 0 aromatic heterocycles. The van der Waals surface area contributed by atoms with Gasteiger partial charge in [0.05, 0.1) is 32.3 Å². The lowest BCUT2D eigenvalue weighted by Crippen LogP contribution is -2.24. The average molecular weight is 489 g/mol. The standard InChI is InChI=1S/C27H52O7/c1-30-22-23-32-26-33-25-27(34-21-17-13-9-5-3-7-11-15-19-29)24-31-20-16-12-8-4-2-6-10-14-18-28/h16-17,20-21,27-29H,2-15,18-19,22-26H2,1H3/b20-16-,21-17+. The van der Waals surface area contributed by atoms with Crippen molar-refractivity contribution < 1.29 is 33.9 Å². The molecule has 0 aliphatic heterocycles. The third kappa shape index (κ3) is 27.1. The summed E-state index contributed by atoms with van der Waals surface area (Å²) in [5.41, 5.74) is 0. The molecule has 1 atom stereocenters. The van der Waals surface area contributed by atoms with Crippen LogP contribution in [0.1, 0.15) is 89.9 Å². The lowest BCUT2D eigenvalue weighted by atomic mass is 10.1. The van der Waals surface area contributed by atoms with Crippen molar-refractivity contribution in [3.05, 3.63) is 24.7 Å². The fourth-order valence-corrected chi connectivity index (χ4v) is 3.26. The Morgan fingerprint density at radius 1 is 0.618 bits per heavy atom. The molecular formula is C27H52O7. The molecular weight excluding hydrogens is 436 g/mol. The van der Waals surface area contributed by atoms with E-state index >= 15 is 0 Å². The zero-order chi connectivity index (χ0) is 24.8. The number of rotatable bonds is 28. The van der Waals surface area contributed by atoms with Gasteiger partial charge in [-0.15, -0.1) is 0 Å². The van der Waals surface area contributed by atoms with E-state index in [9.17, 15) is 0 Å². The van der Waals surface area contributed by atoms with Crippen LogP contribution in [-0.4, -0.2) is 69.9 Å². The van der Waals surface area contributed by atoms with Crippen LogP contribution in [0.15, 0.2) is 24.7 Å². The van der Waals surface area contributed by atoms with Gasteiger partial charge in [-0.3, -0.25) is 0 Å². The Balaban J connectivity index is 3.97. The number of hydrogen-bond donors (Lipinski definition) is 2. The van der Waals surface area contributed by atoms with E-state index in [1.54, 1.807) is 19.6 Å². The lowest BCUT2D eigenvalue weighted by Gasteiger charge is -2.16. The molecule has 0 spiro atoms. The fourth-order valence-electron chi connectivity index (χ4n) is 3.26. The van der Waals surface area contributed by atoms with Gasteiger partial charge in [0.1, 0.15) is 13.4 Å². The van der Waals surface area contributed by atoms with Gasteiger partial charge in [0.15, 0.2) is 6.10 Å². The van der Waals surface area contributed by atoms with Crippen LogP contribution >= 0.6 is 0 Å². The number of methoxy groups -OCH3 is 1. The first-order valence-electron chi connectivity index (χ1n) is 13.3. The van der Waals surface area contributed by atoms with E-state index in [0.29, 0.717) is 39.6 Å². The topological polar surface area (TPSA) is 86.6 Å². The number of ether oxygens (including phenoxy) is 5. The van der Waals surface area contributed by atoms with Crippen LogP contribution in [0.2, 0.25) is 0 Å². The second-order valence-corrected chi connectivity index (χ2v) is 8.49. The van der Waals surface area contributed by atoms with E-state index in [4.69, 9.17) is 33.9 Å². The summed E-state index contributed by atoms with van der Waals surface area (Å²) in [5.74, 6) is 0. The van der Waals surface area contributed by atoms with Gasteiger partial charge in [0, 0.05) is 20.3 Å². The molecule has 0 radical (unpaired) electrons. The molecule has 2 N–H and O–H groups in total. The van der Waals surface area contributed by atoms with Crippen molar-refractivity contribution in [1.29, 1.82) is 0 Å². The van der Waals surface area contributed by atoms with Gasteiger partial charge in [0.25, 0.3) is 0 Å². The number of unbranched alkanes of at least 4 members (excludes halogenated alkanes) is 12. The molecule has 0 aliphatic carbocycles. The quantitative estimate of drug-likeness (QED) is 0.0854. The van der Waals surface area contributed by atoms with Gasteiger partial charge in [0.2, 0.25) is 0 Å². The second kappa shape index (κ2) is 29.9. The molecule has 0 aromatic rings. The van der Waals surface area contributed by atoms with E-state index in [1.165, 1.54) is 38.5 Å². The molecule has 34 heavy (non-hydrogen) atoms. The van der Waals surface area contributed by atoms with E-state index in [2.05, 4.69) is 12.2 Å². The highest BCUT2D eigenvalue weighted by atomic mass is 16.7. The van der Waals surface area contributed by atoms with Crippen LogP contribution in [0.4, 0.5) is 0 Å². The largest absolute Gasteiger partial charge is 0.498 e. The number of aliphatic hydroxyl groups is 2. The summed E-state index contributed by atoms with van der Waals surface area (Å²) in [5, 5.41) is 17.6. The van der Waals surface area contributed by atoms with E-state index in [0.717, 1.165) is 51.4 Å². The first-order valence-corrected chi connectivity index (χ1v) is 13.3. The third-order valence-electron chi connectivity index (χ3n) is 5.30. The Kier molecular flexibility index (Phi) is 28.9. The van der Waals surface area contributed by atoms with Crippen molar-refractivity contribution >= 4 is 0 Å². The summed E-state index contributed by atoms with van der Waals surface area (Å²) in [4.78, 5) is 0. The zero-order valence-corrected chi connectivity index (χ0v) is 21.7. The molecule has 0 bridgehead atoms. The van der Waals surface area contributed by atoms with Gasteiger partial charge in [-0.2, -0.15) is 0 Å². The Labute approximate surface area is 208 Å². The highest BCUT2D eigenvalue weighted by Gasteiger charge is 2.09. The highest BCUT2D eigenvalue weighted by molar-refractivity contribution is 4.77. The Morgan fingerprint density at radius 3 is 1.76 bits per heavy atom. The van der Waals surface area contributed by atoms with Crippen molar-refractivity contribution in [3.63, 3.8) is 0 Å². The van der Waals surface area contributed by atoms with Crippen molar-refractivity contribution in [3.8, 4) is 0 Å². The summed E-state index contributed by atoms with van der Waals surface area (Å²) in [6, 6.07) is 0. The lowest BCUT2D eigenvalue weighted by molar-refractivity contribution is -0.0955. The summed E-state index contributed by atoms with van der Waals surface area (Å²) in [7, 11) is 1.64. The van der Waals surface area contributed by atoms with E-state index < -0.39 is 0 Å². The molecule has 0 fully saturated rings. The SMILES string of the molecule is COCCOCOCC(CO/C=C\CCCCCCCCO)O/C=C/CCCCCCCCO. The summed E-state index contributed by atoms with van der Waals surface area (Å²) >= 11 is 0. The van der Waals surface area contributed by atoms with Gasteiger partial charge in [-0.05, 0) is 50.7 Å². The van der Waals surface area contributed by atoms with Crippen LogP contribution in [-0.2, 0) is 23.7 Å². The molecule has 202 valence electrons. The van der Waals surface area contributed by atoms with Gasteiger partial charge < -0.3 is 33.9 Å². The van der Waals surface area contributed by atoms with Crippen molar-refractivity contribution in [2.75, 3.05) is 53.5 Å². The van der Waals surface area contributed by atoms with E-state index in [-0.39, 0.29) is 12.9 Å². The summed E-state index contributed by atoms with van der Waals surface area (Å²) < 4.78 is 27.3. The minimum absolute atomic E-state index is 0.197. The summed E-state index contributed by atoms with van der Waals surface area (Å²) in [6.07, 6.45) is 23.1. The second-order valence-electron chi connectivity index (χ2n) is 8.49. The molecule has 0 saturated heterocycles. The third-order valence-corrected chi connectivity index (χ3v) is 5.30. The number of allylic oxidation sites excluding steroid dienone is 2. The fraction of sp³-hybridized carbons (Fsp3) is 0.852. The van der Waals surface area contributed by atoms with Gasteiger partial charge >= 0.3 is 0 Å². The number of aliphatic hydroxyl groups excluding tert-OH is 2. The predicted octanol–water partition coefficient (Wildman–Crippen LogP) is 5.50. The van der Waals surface area contributed by atoms with Crippen LogP contribution in [0, 0.1) is 0 Å². The minimum atomic E-state index is -0.197. The van der Waals surface area contributed by atoms with Gasteiger partial charge in [-0.25, -0.2) is 0 Å². The maximum atomic E-state index is 8.79. The summed E-state index contributed by atoms with van der Waals surface area (Å²) in [6.45, 7) is 2.68. The van der Waals surface area contributed by atoms with Crippen LogP contribution in [0.25, 0.3) is 0 Å². The maximum absolute atomic E-state index is 8.79. The molecule has 7 nitrogen and oxygen atoms in total. The molecule has 0 aliphatic rings. The Bertz CT molecular complexity index is 429. The molecule has 0 amide bonds. The Morgan fingerprint density at radius 2 is 1.18 bits per heavy atom. The van der Waals surface area contributed by atoms with Crippen LogP contribution < -0.4 is 0 Å². The maximum Gasteiger partial charge on any atom is 0.155 e. The van der Waals surface area contributed by atoms with Gasteiger partial charge in [-0.1, -0.05) is 51.4 Å². The van der Waals surface area contributed by atoms with Crippen molar-refractivity contribution in [1.82, 2.24) is 0 Å². The van der Waals surface area contributed by atoms with Crippen LogP contribution in [0.3, 0.4) is 0 Å². The minimum Gasteiger partial charge on any atom is -0.498 e. The molecule has 1 unspecified atom stereocenters. The highest BCUT2D eigenvalue weighted by Crippen LogP contribution is 2.09. The molecule has 0 heterocycles. The molecule has 0 saturated carbocycles. The zero-order valence-electron chi connectivity index (χ0n) is 21.7. The van der Waals surface area contributed by atoms with Crippen molar-refractivity contribution in [2.24, 2.45) is 0 Å². The Hall–Kier alpha value is -1.12. The average Bonchev–Trinajstić information content (AvgIpc) is 2.85.